The minimum atomic E-state index is 0.724. The van der Waals surface area contributed by atoms with Gasteiger partial charge in [-0.25, -0.2) is 4.98 Å². The largest absolute Gasteiger partial charge is 0.311 e. The Labute approximate surface area is 116 Å². The van der Waals surface area contributed by atoms with Crippen LogP contribution in [0.4, 0.5) is 0 Å². The average molecular weight is 361 g/mol. The first-order valence-electron chi connectivity index (χ1n) is 5.10. The maximum atomic E-state index is 4.32. The van der Waals surface area contributed by atoms with Crippen LogP contribution in [-0.2, 0) is 13.0 Å². The predicted molar refractivity (Wildman–Crippen MR) is 71.4 cm³/mol. The Hall–Kier alpha value is -0.790. The van der Waals surface area contributed by atoms with E-state index in [1.54, 1.807) is 6.20 Å². The maximum absolute atomic E-state index is 4.32. The van der Waals surface area contributed by atoms with E-state index in [1.807, 2.05) is 6.07 Å². The summed E-state index contributed by atoms with van der Waals surface area (Å²) in [6.45, 7) is 1.56. The van der Waals surface area contributed by atoms with Crippen LogP contribution in [-0.4, -0.2) is 26.7 Å². The van der Waals surface area contributed by atoms with Gasteiger partial charge < -0.3 is 5.32 Å². The van der Waals surface area contributed by atoms with Crippen molar-refractivity contribution in [3.05, 3.63) is 39.1 Å². The molecule has 0 bridgehead atoms. The Bertz CT molecular complexity index is 472. The van der Waals surface area contributed by atoms with Gasteiger partial charge in [0.1, 0.15) is 12.2 Å². The molecule has 0 radical (unpaired) electrons. The molecule has 2 rings (SSSR count). The summed E-state index contributed by atoms with van der Waals surface area (Å²) in [5.41, 5.74) is 0.991. The second-order valence-electron chi connectivity index (χ2n) is 3.44. The molecule has 5 nitrogen and oxygen atoms in total. The van der Waals surface area contributed by atoms with E-state index in [1.165, 1.54) is 6.33 Å². The lowest BCUT2D eigenvalue weighted by molar-refractivity contribution is 0.659. The van der Waals surface area contributed by atoms with Crippen LogP contribution in [0.15, 0.2) is 27.5 Å². The average Bonchev–Trinajstić information content (AvgIpc) is 2.79. The number of nitrogens with zero attached hydrogens (tertiary/aromatic N) is 3. The number of pyridine rings is 1. The highest BCUT2D eigenvalue weighted by Crippen LogP contribution is 2.19. The third-order valence-electron chi connectivity index (χ3n) is 2.18. The monoisotopic (exact) mass is 359 g/mol. The minimum Gasteiger partial charge on any atom is -0.311 e. The van der Waals surface area contributed by atoms with Crippen LogP contribution in [0.1, 0.15) is 11.5 Å². The summed E-state index contributed by atoms with van der Waals surface area (Å²) < 4.78 is 1.97. The van der Waals surface area contributed by atoms with Crippen molar-refractivity contribution in [3.8, 4) is 0 Å². The van der Waals surface area contributed by atoms with E-state index in [-0.39, 0.29) is 0 Å². The fourth-order valence-electron chi connectivity index (χ4n) is 1.34. The summed E-state index contributed by atoms with van der Waals surface area (Å²) in [5.74, 6) is 0.889. The van der Waals surface area contributed by atoms with Gasteiger partial charge in [-0.1, -0.05) is 0 Å². The van der Waals surface area contributed by atoms with Gasteiger partial charge in [0.25, 0.3) is 0 Å². The first-order valence-corrected chi connectivity index (χ1v) is 6.69. The quantitative estimate of drug-likeness (QED) is 0.801. The van der Waals surface area contributed by atoms with E-state index in [9.17, 15) is 0 Å². The Morgan fingerprint density at radius 2 is 2.18 bits per heavy atom. The van der Waals surface area contributed by atoms with E-state index < -0.39 is 0 Å². The van der Waals surface area contributed by atoms with E-state index in [4.69, 9.17) is 0 Å². The van der Waals surface area contributed by atoms with E-state index in [2.05, 4.69) is 57.3 Å². The molecule has 0 unspecified atom stereocenters. The lowest BCUT2D eigenvalue weighted by atomic mass is 10.3. The van der Waals surface area contributed by atoms with Gasteiger partial charge in [0.2, 0.25) is 0 Å². The SMILES string of the molecule is Brc1cnc(CNCCc2ncn[nH]2)c(Br)c1. The molecule has 2 aromatic rings. The Morgan fingerprint density at radius 3 is 2.88 bits per heavy atom. The molecule has 0 fully saturated rings. The number of halogens is 2. The molecule has 2 heterocycles. The van der Waals surface area contributed by atoms with Crippen molar-refractivity contribution >= 4 is 31.9 Å². The number of H-pyrrole nitrogens is 1. The van der Waals surface area contributed by atoms with Crippen molar-refractivity contribution in [3.63, 3.8) is 0 Å². The van der Waals surface area contributed by atoms with E-state index in [0.717, 1.165) is 40.0 Å². The normalized spacial score (nSPS) is 10.7. The number of rotatable bonds is 5. The zero-order chi connectivity index (χ0) is 12.1. The lowest BCUT2D eigenvalue weighted by Crippen LogP contribution is -2.18. The molecule has 17 heavy (non-hydrogen) atoms. The molecule has 7 heteroatoms. The number of nitrogens with one attached hydrogen (secondary N) is 2. The van der Waals surface area contributed by atoms with Gasteiger partial charge in [-0.15, -0.1) is 0 Å². The van der Waals surface area contributed by atoms with E-state index >= 15 is 0 Å². The highest BCUT2D eigenvalue weighted by molar-refractivity contribution is 9.11. The van der Waals surface area contributed by atoms with Crippen LogP contribution in [0.5, 0.6) is 0 Å². The highest BCUT2D eigenvalue weighted by atomic mass is 79.9. The summed E-state index contributed by atoms with van der Waals surface area (Å²) >= 11 is 6.85. The molecule has 90 valence electrons. The van der Waals surface area contributed by atoms with Crippen LogP contribution in [0, 0.1) is 0 Å². The first kappa shape index (κ1) is 12.7. The maximum Gasteiger partial charge on any atom is 0.137 e. The van der Waals surface area contributed by atoms with Crippen molar-refractivity contribution in [1.82, 2.24) is 25.5 Å². The lowest BCUT2D eigenvalue weighted by Gasteiger charge is -2.05. The summed E-state index contributed by atoms with van der Waals surface area (Å²) in [5, 5.41) is 9.92. The summed E-state index contributed by atoms with van der Waals surface area (Å²) in [7, 11) is 0. The van der Waals surface area contributed by atoms with Crippen LogP contribution in [0.2, 0.25) is 0 Å². The van der Waals surface area contributed by atoms with Gasteiger partial charge in [0.15, 0.2) is 0 Å². The zero-order valence-electron chi connectivity index (χ0n) is 8.95. The van der Waals surface area contributed by atoms with Crippen LogP contribution < -0.4 is 5.32 Å². The molecule has 0 amide bonds. The molecule has 2 N–H and O–H groups in total. The minimum absolute atomic E-state index is 0.724. The fourth-order valence-corrected chi connectivity index (χ4v) is 2.47. The summed E-state index contributed by atoms with van der Waals surface area (Å²) in [6.07, 6.45) is 4.13. The van der Waals surface area contributed by atoms with Crippen molar-refractivity contribution in [2.75, 3.05) is 6.54 Å². The second kappa shape index (κ2) is 6.23. The van der Waals surface area contributed by atoms with Gasteiger partial charge in [-0.2, -0.15) is 5.10 Å². The topological polar surface area (TPSA) is 66.5 Å². The van der Waals surface area contributed by atoms with Gasteiger partial charge in [0.05, 0.1) is 5.69 Å². The molecule has 0 saturated heterocycles. The standard InChI is InChI=1S/C10H11Br2N5/c11-7-3-8(12)9(14-4-7)5-13-2-1-10-15-6-16-17-10/h3-4,6,13H,1-2,5H2,(H,15,16,17). The highest BCUT2D eigenvalue weighted by Gasteiger charge is 2.02. The number of aromatic nitrogens is 4. The molecule has 0 aliphatic rings. The fraction of sp³-hybridized carbons (Fsp3) is 0.300. The smallest absolute Gasteiger partial charge is 0.137 e. The molecular weight excluding hydrogens is 350 g/mol. The molecule has 0 spiro atoms. The Balaban J connectivity index is 1.78. The van der Waals surface area contributed by atoms with E-state index in [0.29, 0.717) is 0 Å². The van der Waals surface area contributed by atoms with Crippen LogP contribution >= 0.6 is 31.9 Å². The van der Waals surface area contributed by atoms with Crippen LogP contribution in [0.3, 0.4) is 0 Å². The number of aromatic amines is 1. The number of hydrogen-bond donors (Lipinski definition) is 2. The zero-order valence-corrected chi connectivity index (χ0v) is 12.1. The van der Waals surface area contributed by atoms with Crippen molar-refractivity contribution < 1.29 is 0 Å². The molecule has 0 atom stereocenters. The van der Waals surface area contributed by atoms with Gasteiger partial charge >= 0.3 is 0 Å². The molecular formula is C10H11Br2N5. The third kappa shape index (κ3) is 3.86. The molecule has 0 aliphatic carbocycles. The van der Waals surface area contributed by atoms with Crippen molar-refractivity contribution in [2.24, 2.45) is 0 Å². The first-order chi connectivity index (χ1) is 8.25. The van der Waals surface area contributed by atoms with Gasteiger partial charge in [0, 0.05) is 34.7 Å². The Morgan fingerprint density at radius 1 is 1.29 bits per heavy atom. The Kier molecular flexibility index (Phi) is 4.64. The van der Waals surface area contributed by atoms with Crippen molar-refractivity contribution in [2.45, 2.75) is 13.0 Å². The molecule has 2 aromatic heterocycles. The van der Waals surface area contributed by atoms with Gasteiger partial charge in [-0.05, 0) is 37.9 Å². The van der Waals surface area contributed by atoms with Gasteiger partial charge in [-0.3, -0.25) is 10.1 Å². The second-order valence-corrected chi connectivity index (χ2v) is 5.21. The molecule has 0 aliphatic heterocycles. The summed E-state index contributed by atoms with van der Waals surface area (Å²) in [4.78, 5) is 8.37. The molecule has 0 aromatic carbocycles. The third-order valence-corrected chi connectivity index (χ3v) is 3.30. The summed E-state index contributed by atoms with van der Waals surface area (Å²) in [6, 6.07) is 1.99. The van der Waals surface area contributed by atoms with Crippen molar-refractivity contribution in [1.29, 1.82) is 0 Å². The predicted octanol–water partition coefficient (Wildman–Crippen LogP) is 2.06. The molecule has 0 saturated carbocycles. The number of hydrogen-bond acceptors (Lipinski definition) is 4. The van der Waals surface area contributed by atoms with Crippen LogP contribution in [0.25, 0.3) is 0 Å².